The van der Waals surface area contributed by atoms with Gasteiger partial charge in [-0.2, -0.15) is 0 Å². The SMILES string of the molecule is CC(C)[Si](Oc1ccccc1C(=O)CBr)(C(C)C)C(C)C.CC(C)[Si](Oc1ccccc1C(Cl)CBr)(C(C)C)C(C)C. The van der Waals surface area contributed by atoms with E-state index in [4.69, 9.17) is 20.5 Å². The molecule has 0 radical (unpaired) electrons. The summed E-state index contributed by atoms with van der Waals surface area (Å²) in [5.41, 5.74) is 4.93. The van der Waals surface area contributed by atoms with Crippen molar-refractivity contribution >= 4 is 65.9 Å². The van der Waals surface area contributed by atoms with E-state index in [2.05, 4.69) is 127 Å². The van der Waals surface area contributed by atoms with Crippen LogP contribution in [0.4, 0.5) is 0 Å². The van der Waals surface area contributed by atoms with Crippen molar-refractivity contribution in [2.45, 2.75) is 122 Å². The van der Waals surface area contributed by atoms with Crippen LogP contribution in [-0.2, 0) is 0 Å². The molecule has 1 atom stereocenters. The summed E-state index contributed by atoms with van der Waals surface area (Å²) in [5.74, 6) is 1.80. The van der Waals surface area contributed by atoms with Crippen LogP contribution < -0.4 is 8.85 Å². The van der Waals surface area contributed by atoms with Crippen LogP contribution in [0.2, 0.25) is 33.2 Å². The first-order valence-electron chi connectivity index (χ1n) is 15.4. The lowest BCUT2D eigenvalue weighted by Crippen LogP contribution is -2.51. The number of hydrogen-bond donors (Lipinski definition) is 0. The monoisotopic (exact) mass is 760 g/mol. The van der Waals surface area contributed by atoms with Gasteiger partial charge in [0, 0.05) is 10.9 Å². The Hall–Kier alpha value is -0.606. The van der Waals surface area contributed by atoms with Crippen LogP contribution in [-0.4, -0.2) is 33.1 Å². The van der Waals surface area contributed by atoms with Crippen LogP contribution >= 0.6 is 43.5 Å². The second-order valence-corrected chi connectivity index (χ2v) is 25.5. The molecule has 2 rings (SSSR count). The number of alkyl halides is 3. The zero-order valence-electron chi connectivity index (χ0n) is 27.9. The minimum atomic E-state index is -2.03. The van der Waals surface area contributed by atoms with E-state index in [0.29, 0.717) is 44.1 Å². The molecule has 2 aromatic rings. The number of para-hydroxylation sites is 2. The van der Waals surface area contributed by atoms with E-state index in [-0.39, 0.29) is 11.2 Å². The lowest BCUT2D eigenvalue weighted by molar-refractivity contribution is 0.102. The first-order valence-corrected chi connectivity index (χ1v) is 22.3. The normalized spacial score (nSPS) is 13.2. The van der Waals surface area contributed by atoms with Crippen LogP contribution in [0.3, 0.4) is 0 Å². The molecule has 0 amide bonds. The second kappa shape index (κ2) is 17.8. The van der Waals surface area contributed by atoms with Gasteiger partial charge in [0.15, 0.2) is 5.78 Å². The zero-order chi connectivity index (χ0) is 32.4. The summed E-state index contributed by atoms with van der Waals surface area (Å²) in [7, 11) is -3.96. The summed E-state index contributed by atoms with van der Waals surface area (Å²) < 4.78 is 13.4. The molecule has 0 heterocycles. The van der Waals surface area contributed by atoms with E-state index in [1.165, 1.54) is 0 Å². The van der Waals surface area contributed by atoms with Gasteiger partial charge in [0.25, 0.3) is 16.6 Å². The molecule has 2 aromatic carbocycles. The van der Waals surface area contributed by atoms with Crippen LogP contribution in [0.1, 0.15) is 104 Å². The van der Waals surface area contributed by atoms with Crippen molar-refractivity contribution in [2.24, 2.45) is 0 Å². The Balaban J connectivity index is 0.000000420. The van der Waals surface area contributed by atoms with Gasteiger partial charge < -0.3 is 8.85 Å². The number of rotatable bonds is 14. The maximum Gasteiger partial charge on any atom is 0.258 e. The molecule has 42 heavy (non-hydrogen) atoms. The summed E-state index contributed by atoms with van der Waals surface area (Å²) >= 11 is 13.2. The third-order valence-corrected chi connectivity index (χ3v) is 22.6. The summed E-state index contributed by atoms with van der Waals surface area (Å²) in [5, 5.41) is 1.00. The molecule has 0 aromatic heterocycles. The first-order chi connectivity index (χ1) is 19.5. The molecule has 0 saturated heterocycles. The summed E-state index contributed by atoms with van der Waals surface area (Å²) in [6, 6.07) is 15.9. The average Bonchev–Trinajstić information content (AvgIpc) is 2.93. The number of carbonyl (C=O) groups excluding carboxylic acids is 1. The molecular formula is C34H55Br2ClO3Si2. The topological polar surface area (TPSA) is 35.5 Å². The van der Waals surface area contributed by atoms with Gasteiger partial charge in [-0.05, 0) is 51.4 Å². The number of hydrogen-bond acceptors (Lipinski definition) is 3. The Morgan fingerprint density at radius 1 is 0.643 bits per heavy atom. The van der Waals surface area contributed by atoms with Crippen molar-refractivity contribution in [3.63, 3.8) is 0 Å². The molecule has 0 aliphatic heterocycles. The Kier molecular flexibility index (Phi) is 16.7. The van der Waals surface area contributed by atoms with E-state index in [1.807, 2.05) is 36.4 Å². The Morgan fingerprint density at radius 3 is 1.38 bits per heavy atom. The van der Waals surface area contributed by atoms with Gasteiger partial charge in [0.1, 0.15) is 11.5 Å². The van der Waals surface area contributed by atoms with Crippen molar-refractivity contribution in [3.8, 4) is 11.5 Å². The molecule has 0 N–H and O–H groups in total. The Labute approximate surface area is 281 Å². The second-order valence-electron chi connectivity index (χ2n) is 13.1. The summed E-state index contributed by atoms with van der Waals surface area (Å²) in [6.45, 7) is 27.3. The van der Waals surface area contributed by atoms with E-state index < -0.39 is 16.6 Å². The smallest absolute Gasteiger partial charge is 0.258 e. The van der Waals surface area contributed by atoms with Gasteiger partial charge in [0.2, 0.25) is 0 Å². The van der Waals surface area contributed by atoms with Crippen molar-refractivity contribution in [1.29, 1.82) is 0 Å². The van der Waals surface area contributed by atoms with Gasteiger partial charge in [-0.1, -0.05) is 145 Å². The minimum absolute atomic E-state index is 0.0561. The molecule has 0 fully saturated rings. The van der Waals surface area contributed by atoms with E-state index >= 15 is 0 Å². The predicted molar refractivity (Wildman–Crippen MR) is 197 cm³/mol. The van der Waals surface area contributed by atoms with E-state index in [1.54, 1.807) is 0 Å². The fraction of sp³-hybridized carbons (Fsp3) is 0.618. The average molecular weight is 763 g/mol. The predicted octanol–water partition coefficient (Wildman–Crippen LogP) is 12.7. The van der Waals surface area contributed by atoms with Crippen LogP contribution in [0.5, 0.6) is 11.5 Å². The third kappa shape index (κ3) is 9.21. The number of carbonyl (C=O) groups is 1. The highest BCUT2D eigenvalue weighted by Gasteiger charge is 2.48. The van der Waals surface area contributed by atoms with Gasteiger partial charge in [-0.3, -0.25) is 4.79 Å². The first kappa shape index (κ1) is 39.4. The van der Waals surface area contributed by atoms with Crippen LogP contribution in [0, 0.1) is 0 Å². The number of ketones is 1. The molecule has 8 heteroatoms. The van der Waals surface area contributed by atoms with Crippen molar-refractivity contribution in [1.82, 2.24) is 0 Å². The highest BCUT2D eigenvalue weighted by Crippen LogP contribution is 2.45. The molecule has 3 nitrogen and oxygen atoms in total. The van der Waals surface area contributed by atoms with Crippen LogP contribution in [0.15, 0.2) is 48.5 Å². The fourth-order valence-corrected chi connectivity index (χ4v) is 18.2. The lowest BCUT2D eigenvalue weighted by atomic mass is 10.1. The number of benzene rings is 2. The van der Waals surface area contributed by atoms with E-state index in [9.17, 15) is 4.79 Å². The molecule has 238 valence electrons. The molecule has 0 aliphatic carbocycles. The highest BCUT2D eigenvalue weighted by atomic mass is 79.9. The number of halogens is 3. The van der Waals surface area contributed by atoms with Crippen molar-refractivity contribution in [3.05, 3.63) is 59.7 Å². The van der Waals surface area contributed by atoms with Crippen LogP contribution in [0.25, 0.3) is 0 Å². The van der Waals surface area contributed by atoms with E-state index in [0.717, 1.165) is 22.4 Å². The molecule has 0 spiro atoms. The summed E-state index contributed by atoms with van der Waals surface area (Å²) in [6.07, 6.45) is 0. The zero-order valence-corrected chi connectivity index (χ0v) is 33.9. The minimum Gasteiger partial charge on any atom is -0.542 e. The number of Topliss-reactive ketones (excluding diaryl/α,β-unsaturated/α-hetero) is 1. The molecular weight excluding hydrogens is 708 g/mol. The molecule has 0 aliphatic rings. The quantitative estimate of drug-likeness (QED) is 0.109. The van der Waals surface area contributed by atoms with Crippen molar-refractivity contribution in [2.75, 3.05) is 10.7 Å². The van der Waals surface area contributed by atoms with Crippen molar-refractivity contribution < 1.29 is 13.6 Å². The fourth-order valence-electron chi connectivity index (χ4n) is 6.86. The Bertz CT molecular complexity index is 1060. The third-order valence-electron chi connectivity index (χ3n) is 8.69. The maximum absolute atomic E-state index is 12.1. The molecule has 0 saturated carbocycles. The molecule has 0 bridgehead atoms. The Morgan fingerprint density at radius 2 is 1.00 bits per heavy atom. The largest absolute Gasteiger partial charge is 0.542 e. The van der Waals surface area contributed by atoms with Gasteiger partial charge in [-0.25, -0.2) is 0 Å². The maximum atomic E-state index is 12.1. The summed E-state index contributed by atoms with van der Waals surface area (Å²) in [4.78, 5) is 12.1. The lowest BCUT2D eigenvalue weighted by Gasteiger charge is -2.42. The highest BCUT2D eigenvalue weighted by molar-refractivity contribution is 9.09. The van der Waals surface area contributed by atoms with Gasteiger partial charge in [-0.15, -0.1) is 11.6 Å². The van der Waals surface area contributed by atoms with Gasteiger partial charge >= 0.3 is 0 Å². The standard InChI is InChI=1S/C17H28BrClOSi.C17H27BrO2Si/c2*1-12(2)21(13(3)4,14(5)6)20-17-10-8-7-9-15(17)16(19)11-18/h7-10,12-14,16H,11H2,1-6H3;7-10,12-14H,11H2,1-6H3. The molecule has 1 unspecified atom stereocenters. The van der Waals surface area contributed by atoms with Gasteiger partial charge in [0.05, 0.1) is 16.3 Å².